The molecule has 0 saturated carbocycles. The van der Waals surface area contributed by atoms with Crippen LogP contribution in [0.3, 0.4) is 0 Å². The minimum Gasteiger partial charge on any atom is -0.282 e. The Balaban J connectivity index is 2.36. The van der Waals surface area contributed by atoms with Crippen LogP contribution >= 0.6 is 0 Å². The van der Waals surface area contributed by atoms with E-state index in [0.29, 0.717) is 0 Å². The molecule has 3 rings (SSSR count). The van der Waals surface area contributed by atoms with Crippen molar-refractivity contribution in [3.8, 4) is 11.1 Å². The van der Waals surface area contributed by atoms with Gasteiger partial charge in [-0.25, -0.2) is 0 Å². The molecule has 0 spiro atoms. The van der Waals surface area contributed by atoms with Gasteiger partial charge in [0, 0.05) is 11.1 Å². The van der Waals surface area contributed by atoms with Crippen LogP contribution in [-0.2, 0) is 0 Å². The summed E-state index contributed by atoms with van der Waals surface area (Å²) in [5, 5.41) is 8.53. The largest absolute Gasteiger partial charge is 0.282 e. The average Bonchev–Trinajstić information content (AvgIpc) is 2.73. The van der Waals surface area contributed by atoms with Crippen molar-refractivity contribution in [3.63, 3.8) is 0 Å². The van der Waals surface area contributed by atoms with Crippen molar-refractivity contribution in [1.29, 1.82) is 0 Å². The minimum atomic E-state index is 1.03. The third kappa shape index (κ3) is 1.31. The van der Waals surface area contributed by atoms with Crippen LogP contribution in [0.5, 0.6) is 0 Å². The molecule has 78 valence electrons. The lowest BCUT2D eigenvalue weighted by atomic mass is 10.0. The summed E-state index contributed by atoms with van der Waals surface area (Å²) < 4.78 is 0. The summed E-state index contributed by atoms with van der Waals surface area (Å²) in [6.07, 6.45) is 0. The van der Waals surface area contributed by atoms with Gasteiger partial charge in [0.05, 0.1) is 5.52 Å². The Bertz CT molecular complexity index is 624. The predicted molar refractivity (Wildman–Crippen MR) is 66.3 cm³/mol. The van der Waals surface area contributed by atoms with Crippen molar-refractivity contribution < 1.29 is 0 Å². The van der Waals surface area contributed by atoms with E-state index in [4.69, 9.17) is 0 Å². The minimum absolute atomic E-state index is 1.03. The maximum atomic E-state index is 4.28. The Labute approximate surface area is 93.9 Å². The molecule has 1 aromatic heterocycles. The SMILES string of the molecule is Cc1[nH]nc2cccc(-c3ccccc3)c12. The van der Waals surface area contributed by atoms with Crippen molar-refractivity contribution >= 4 is 10.9 Å². The molecule has 1 N–H and O–H groups in total. The average molecular weight is 208 g/mol. The highest BCUT2D eigenvalue weighted by atomic mass is 15.1. The number of nitrogens with one attached hydrogen (secondary N) is 1. The summed E-state index contributed by atoms with van der Waals surface area (Å²) in [5.41, 5.74) is 4.62. The number of fused-ring (bicyclic) bond motifs is 1. The Morgan fingerprint density at radius 1 is 0.938 bits per heavy atom. The first-order chi connectivity index (χ1) is 7.86. The van der Waals surface area contributed by atoms with Gasteiger partial charge in [-0.1, -0.05) is 42.5 Å². The van der Waals surface area contributed by atoms with E-state index >= 15 is 0 Å². The fourth-order valence-corrected chi connectivity index (χ4v) is 2.09. The first-order valence-electron chi connectivity index (χ1n) is 5.35. The topological polar surface area (TPSA) is 28.7 Å². The molecule has 0 atom stereocenters. The number of aryl methyl sites for hydroxylation is 1. The third-order valence-corrected chi connectivity index (χ3v) is 2.85. The molecule has 0 saturated heterocycles. The fourth-order valence-electron chi connectivity index (χ4n) is 2.09. The quantitative estimate of drug-likeness (QED) is 0.651. The highest BCUT2D eigenvalue weighted by molar-refractivity contribution is 5.96. The Hall–Kier alpha value is -2.09. The van der Waals surface area contributed by atoms with E-state index in [0.717, 1.165) is 11.2 Å². The zero-order valence-corrected chi connectivity index (χ0v) is 9.07. The van der Waals surface area contributed by atoms with Gasteiger partial charge >= 0.3 is 0 Å². The Morgan fingerprint density at radius 2 is 1.75 bits per heavy atom. The van der Waals surface area contributed by atoms with E-state index in [-0.39, 0.29) is 0 Å². The molecule has 0 fully saturated rings. The summed E-state index contributed by atoms with van der Waals surface area (Å²) >= 11 is 0. The molecule has 2 nitrogen and oxygen atoms in total. The number of benzene rings is 2. The van der Waals surface area contributed by atoms with Crippen molar-refractivity contribution in [2.75, 3.05) is 0 Å². The van der Waals surface area contributed by atoms with Gasteiger partial charge in [-0.15, -0.1) is 0 Å². The summed E-state index contributed by atoms with van der Waals surface area (Å²) in [6.45, 7) is 2.06. The number of nitrogens with zero attached hydrogens (tertiary/aromatic N) is 1. The number of hydrogen-bond acceptors (Lipinski definition) is 1. The normalized spacial score (nSPS) is 10.8. The first-order valence-corrected chi connectivity index (χ1v) is 5.35. The van der Waals surface area contributed by atoms with E-state index in [1.54, 1.807) is 0 Å². The van der Waals surface area contributed by atoms with Crippen molar-refractivity contribution in [1.82, 2.24) is 10.2 Å². The Kier molecular flexibility index (Phi) is 2.00. The van der Waals surface area contributed by atoms with Crippen LogP contribution < -0.4 is 0 Å². The zero-order valence-electron chi connectivity index (χ0n) is 9.07. The third-order valence-electron chi connectivity index (χ3n) is 2.85. The van der Waals surface area contributed by atoms with Crippen LogP contribution in [0.1, 0.15) is 5.69 Å². The highest BCUT2D eigenvalue weighted by Gasteiger charge is 2.07. The smallest absolute Gasteiger partial charge is 0.0929 e. The summed E-state index contributed by atoms with van der Waals surface area (Å²) in [6, 6.07) is 16.6. The molecular formula is C14H12N2. The predicted octanol–water partition coefficient (Wildman–Crippen LogP) is 3.54. The molecule has 0 radical (unpaired) electrons. The van der Waals surface area contributed by atoms with Gasteiger partial charge in [-0.05, 0) is 24.1 Å². The Morgan fingerprint density at radius 3 is 2.56 bits per heavy atom. The lowest BCUT2D eigenvalue weighted by Gasteiger charge is -2.03. The van der Waals surface area contributed by atoms with Gasteiger partial charge < -0.3 is 0 Å². The fraction of sp³-hybridized carbons (Fsp3) is 0.0714. The van der Waals surface area contributed by atoms with Gasteiger partial charge in [0.1, 0.15) is 0 Å². The summed E-state index contributed by atoms with van der Waals surface area (Å²) in [5.74, 6) is 0. The molecule has 0 aliphatic carbocycles. The standard InChI is InChI=1S/C14H12N2/c1-10-14-12(11-6-3-2-4-7-11)8-5-9-13(14)16-15-10/h2-9H,1H3,(H,15,16). The van der Waals surface area contributed by atoms with Crippen LogP contribution in [-0.4, -0.2) is 10.2 Å². The number of H-pyrrole nitrogens is 1. The van der Waals surface area contributed by atoms with Gasteiger partial charge in [0.2, 0.25) is 0 Å². The van der Waals surface area contributed by atoms with E-state index in [1.807, 2.05) is 18.2 Å². The van der Waals surface area contributed by atoms with Crippen LogP contribution in [0.4, 0.5) is 0 Å². The summed E-state index contributed by atoms with van der Waals surface area (Å²) in [4.78, 5) is 0. The lowest BCUT2D eigenvalue weighted by molar-refractivity contribution is 1.07. The second-order valence-electron chi connectivity index (χ2n) is 3.91. The monoisotopic (exact) mass is 208 g/mol. The second-order valence-corrected chi connectivity index (χ2v) is 3.91. The molecule has 0 bridgehead atoms. The lowest BCUT2D eigenvalue weighted by Crippen LogP contribution is -1.80. The molecule has 0 aliphatic heterocycles. The molecule has 3 aromatic rings. The van der Waals surface area contributed by atoms with Crippen molar-refractivity contribution in [2.45, 2.75) is 6.92 Å². The second kappa shape index (κ2) is 3.49. The van der Waals surface area contributed by atoms with E-state index in [2.05, 4.69) is 47.5 Å². The highest BCUT2D eigenvalue weighted by Crippen LogP contribution is 2.29. The van der Waals surface area contributed by atoms with Crippen LogP contribution in [0.25, 0.3) is 22.0 Å². The van der Waals surface area contributed by atoms with Crippen molar-refractivity contribution in [2.24, 2.45) is 0 Å². The molecule has 0 amide bonds. The van der Waals surface area contributed by atoms with E-state index in [1.165, 1.54) is 16.5 Å². The summed E-state index contributed by atoms with van der Waals surface area (Å²) in [7, 11) is 0. The maximum Gasteiger partial charge on any atom is 0.0929 e. The van der Waals surface area contributed by atoms with E-state index in [9.17, 15) is 0 Å². The van der Waals surface area contributed by atoms with Crippen LogP contribution in [0.15, 0.2) is 48.5 Å². The number of hydrogen-bond donors (Lipinski definition) is 1. The van der Waals surface area contributed by atoms with Crippen molar-refractivity contribution in [3.05, 3.63) is 54.2 Å². The van der Waals surface area contributed by atoms with Gasteiger partial charge in [0.15, 0.2) is 0 Å². The molecular weight excluding hydrogens is 196 g/mol. The molecule has 16 heavy (non-hydrogen) atoms. The van der Waals surface area contributed by atoms with Gasteiger partial charge in [-0.3, -0.25) is 5.10 Å². The van der Waals surface area contributed by atoms with Gasteiger partial charge in [-0.2, -0.15) is 5.10 Å². The molecule has 1 heterocycles. The molecule has 2 aromatic carbocycles. The molecule has 0 aliphatic rings. The number of aromatic nitrogens is 2. The molecule has 0 unspecified atom stereocenters. The molecule has 2 heteroatoms. The zero-order chi connectivity index (χ0) is 11.0. The van der Waals surface area contributed by atoms with Crippen LogP contribution in [0.2, 0.25) is 0 Å². The van der Waals surface area contributed by atoms with Crippen LogP contribution in [0, 0.1) is 6.92 Å². The van der Waals surface area contributed by atoms with E-state index < -0.39 is 0 Å². The van der Waals surface area contributed by atoms with Gasteiger partial charge in [0.25, 0.3) is 0 Å². The number of rotatable bonds is 1. The number of aromatic amines is 1. The first kappa shape index (κ1) is 9.16. The maximum absolute atomic E-state index is 4.28.